The summed E-state index contributed by atoms with van der Waals surface area (Å²) >= 11 is 1.44. The minimum atomic E-state index is -0.657. The molecule has 2 heterocycles. The van der Waals surface area contributed by atoms with Crippen LogP contribution < -0.4 is 5.32 Å². The number of thiazole rings is 1. The number of nitrogens with one attached hydrogen (secondary N) is 1. The molecule has 5 nitrogen and oxygen atoms in total. The van der Waals surface area contributed by atoms with Gasteiger partial charge >= 0.3 is 5.97 Å². The van der Waals surface area contributed by atoms with E-state index in [9.17, 15) is 9.59 Å². The number of hydrogen-bond acceptors (Lipinski definition) is 5. The number of carbonyl (C=O) groups excluding carboxylic acids is 2. The van der Waals surface area contributed by atoms with Crippen LogP contribution in [0.2, 0.25) is 0 Å². The summed E-state index contributed by atoms with van der Waals surface area (Å²) in [6.45, 7) is 0. The number of amides is 1. The lowest BCUT2D eigenvalue weighted by Gasteiger charge is -2.38. The van der Waals surface area contributed by atoms with Crippen molar-refractivity contribution in [1.29, 1.82) is 0 Å². The highest BCUT2D eigenvalue weighted by Crippen LogP contribution is 2.32. The number of aromatic nitrogens is 1. The van der Waals surface area contributed by atoms with Crippen molar-refractivity contribution in [3.8, 4) is 11.3 Å². The average molecular weight is 370 g/mol. The van der Waals surface area contributed by atoms with Gasteiger partial charge < -0.3 is 10.1 Å². The third kappa shape index (κ3) is 3.65. The van der Waals surface area contributed by atoms with Crippen LogP contribution in [0.3, 0.4) is 0 Å². The molecule has 1 aliphatic heterocycles. The maximum atomic E-state index is 12.4. The summed E-state index contributed by atoms with van der Waals surface area (Å²) in [5, 5.41) is 3.04. The van der Waals surface area contributed by atoms with Gasteiger partial charge in [-0.25, -0.2) is 4.98 Å². The van der Waals surface area contributed by atoms with Crippen LogP contribution in [0, 0.1) is 5.92 Å². The highest BCUT2D eigenvalue weighted by Gasteiger charge is 2.38. The van der Waals surface area contributed by atoms with Crippen molar-refractivity contribution >= 4 is 23.2 Å². The van der Waals surface area contributed by atoms with E-state index in [2.05, 4.69) is 10.3 Å². The maximum Gasteiger partial charge on any atom is 0.311 e. The number of benzene rings is 1. The molecule has 2 aromatic rings. The second-order valence-electron chi connectivity index (χ2n) is 7.04. The Morgan fingerprint density at radius 1 is 1.23 bits per heavy atom. The fourth-order valence-electron chi connectivity index (χ4n) is 4.00. The molecule has 3 atom stereocenters. The third-order valence-corrected chi connectivity index (χ3v) is 6.15. The van der Waals surface area contributed by atoms with Gasteiger partial charge in [0.15, 0.2) is 6.10 Å². The molecule has 1 amide bonds. The molecule has 1 aromatic carbocycles. The number of carbonyl (C=O) groups is 2. The van der Waals surface area contributed by atoms with Crippen LogP contribution in [0.1, 0.15) is 37.0 Å². The van der Waals surface area contributed by atoms with Gasteiger partial charge in [-0.1, -0.05) is 43.2 Å². The van der Waals surface area contributed by atoms with Crippen LogP contribution in [0.25, 0.3) is 11.3 Å². The molecule has 6 heteroatoms. The van der Waals surface area contributed by atoms with Crippen LogP contribution in [0.5, 0.6) is 0 Å². The minimum absolute atomic E-state index is 0.144. The van der Waals surface area contributed by atoms with Gasteiger partial charge in [0.05, 0.1) is 17.6 Å². The molecule has 4 rings (SSSR count). The number of hydrogen-bond donors (Lipinski definition) is 1. The first-order chi connectivity index (χ1) is 12.7. The van der Waals surface area contributed by atoms with E-state index in [1.807, 2.05) is 30.3 Å². The number of rotatable bonds is 4. The molecule has 1 saturated carbocycles. The molecule has 26 heavy (non-hydrogen) atoms. The van der Waals surface area contributed by atoms with Crippen LogP contribution >= 0.6 is 11.3 Å². The molecule has 1 aromatic heterocycles. The fourth-order valence-corrected chi connectivity index (χ4v) is 4.77. The molecule has 3 unspecified atom stereocenters. The first-order valence-electron chi connectivity index (χ1n) is 9.18. The molecular formula is C20H22N2O3S. The van der Waals surface area contributed by atoms with Crippen molar-refractivity contribution in [2.24, 2.45) is 5.92 Å². The Bertz CT molecular complexity index is 789. The first-order valence-corrected chi connectivity index (χ1v) is 10.1. The quantitative estimate of drug-likeness (QED) is 0.838. The van der Waals surface area contributed by atoms with E-state index >= 15 is 0 Å². The van der Waals surface area contributed by atoms with Crippen LogP contribution in [-0.4, -0.2) is 29.0 Å². The van der Waals surface area contributed by atoms with Gasteiger partial charge in [0.2, 0.25) is 0 Å². The maximum absolute atomic E-state index is 12.4. The van der Waals surface area contributed by atoms with Crippen molar-refractivity contribution in [2.75, 3.05) is 0 Å². The van der Waals surface area contributed by atoms with E-state index in [0.717, 1.165) is 29.0 Å². The summed E-state index contributed by atoms with van der Waals surface area (Å²) in [5.41, 5.74) is 3.54. The minimum Gasteiger partial charge on any atom is -0.452 e. The molecule has 2 aliphatic rings. The molecule has 136 valence electrons. The zero-order valence-corrected chi connectivity index (χ0v) is 15.3. The van der Waals surface area contributed by atoms with Crippen molar-refractivity contribution in [2.45, 2.75) is 50.7 Å². The molecule has 0 radical (unpaired) electrons. The SMILES string of the molecule is O=C(Cc1scnc1-c1ccccc1)OC1CC2CCCCC2NC1=O. The zero-order chi connectivity index (χ0) is 17.9. The Hall–Kier alpha value is -2.21. The molecule has 1 N–H and O–H groups in total. The predicted molar refractivity (Wildman–Crippen MR) is 99.6 cm³/mol. The van der Waals surface area contributed by atoms with Crippen molar-refractivity contribution < 1.29 is 14.3 Å². The summed E-state index contributed by atoms with van der Waals surface area (Å²) in [6.07, 6.45) is 4.64. The monoisotopic (exact) mass is 370 g/mol. The standard InChI is InChI=1S/C20H22N2O3S/c23-18(11-17-19(21-12-26-17)13-6-2-1-3-7-13)25-16-10-14-8-4-5-9-15(14)22-20(16)24/h1-3,6-7,12,14-16H,4-5,8-11H2,(H,22,24). The Labute approximate surface area is 156 Å². The van der Waals surface area contributed by atoms with Gasteiger partial charge in [-0.3, -0.25) is 9.59 Å². The summed E-state index contributed by atoms with van der Waals surface area (Å²) < 4.78 is 5.54. The summed E-state index contributed by atoms with van der Waals surface area (Å²) in [5.74, 6) is -0.0718. The highest BCUT2D eigenvalue weighted by molar-refractivity contribution is 7.10. The van der Waals surface area contributed by atoms with E-state index in [-0.39, 0.29) is 24.3 Å². The van der Waals surface area contributed by atoms with Crippen LogP contribution in [-0.2, 0) is 20.7 Å². The van der Waals surface area contributed by atoms with E-state index in [1.54, 1.807) is 5.51 Å². The highest BCUT2D eigenvalue weighted by atomic mass is 32.1. The van der Waals surface area contributed by atoms with Crippen LogP contribution in [0.4, 0.5) is 0 Å². The zero-order valence-electron chi connectivity index (χ0n) is 14.5. The first kappa shape index (κ1) is 17.2. The number of piperidine rings is 1. The van der Waals surface area contributed by atoms with Crippen molar-refractivity contribution in [3.63, 3.8) is 0 Å². The number of fused-ring (bicyclic) bond motifs is 1. The second-order valence-corrected chi connectivity index (χ2v) is 7.98. The Morgan fingerprint density at radius 3 is 2.88 bits per heavy atom. The van der Waals surface area contributed by atoms with Gasteiger partial charge in [0.1, 0.15) is 0 Å². The number of ether oxygens (including phenoxy) is 1. The lowest BCUT2D eigenvalue weighted by atomic mass is 9.78. The van der Waals surface area contributed by atoms with E-state index < -0.39 is 6.10 Å². The lowest BCUT2D eigenvalue weighted by molar-refractivity contribution is -0.159. The van der Waals surface area contributed by atoms with Crippen molar-refractivity contribution in [1.82, 2.24) is 10.3 Å². The summed E-state index contributed by atoms with van der Waals surface area (Å²) in [4.78, 5) is 30.0. The fraction of sp³-hybridized carbons (Fsp3) is 0.450. The average Bonchev–Trinajstić information content (AvgIpc) is 3.11. The van der Waals surface area contributed by atoms with Gasteiger partial charge in [-0.2, -0.15) is 0 Å². The Morgan fingerprint density at radius 2 is 2.04 bits per heavy atom. The smallest absolute Gasteiger partial charge is 0.311 e. The van der Waals surface area contributed by atoms with E-state index in [1.165, 1.54) is 24.2 Å². The second kappa shape index (κ2) is 7.58. The van der Waals surface area contributed by atoms with Gasteiger partial charge in [-0.05, 0) is 25.2 Å². The predicted octanol–water partition coefficient (Wildman–Crippen LogP) is 3.34. The largest absolute Gasteiger partial charge is 0.452 e. The third-order valence-electron chi connectivity index (χ3n) is 5.31. The molecule has 2 fully saturated rings. The number of esters is 1. The molecule has 0 bridgehead atoms. The Kier molecular flexibility index (Phi) is 5.02. The lowest BCUT2D eigenvalue weighted by Crippen LogP contribution is -2.54. The summed E-state index contributed by atoms with van der Waals surface area (Å²) in [6, 6.07) is 10.1. The number of nitrogens with zero attached hydrogens (tertiary/aromatic N) is 1. The molecule has 0 spiro atoms. The van der Waals surface area contributed by atoms with Gasteiger partial charge in [0, 0.05) is 16.5 Å². The topological polar surface area (TPSA) is 68.3 Å². The van der Waals surface area contributed by atoms with Gasteiger partial charge in [0.25, 0.3) is 5.91 Å². The Balaban J connectivity index is 1.40. The molecule has 1 saturated heterocycles. The van der Waals surface area contributed by atoms with Crippen LogP contribution in [0.15, 0.2) is 35.8 Å². The van der Waals surface area contributed by atoms with E-state index in [4.69, 9.17) is 4.74 Å². The molecule has 1 aliphatic carbocycles. The van der Waals surface area contributed by atoms with Crippen molar-refractivity contribution in [3.05, 3.63) is 40.7 Å². The normalized spacial score (nSPS) is 25.2. The molecular weight excluding hydrogens is 348 g/mol. The van der Waals surface area contributed by atoms with Gasteiger partial charge in [-0.15, -0.1) is 11.3 Å². The summed E-state index contributed by atoms with van der Waals surface area (Å²) in [7, 11) is 0. The van der Waals surface area contributed by atoms with E-state index in [0.29, 0.717) is 12.3 Å².